The molecule has 2 aromatic carbocycles. The third kappa shape index (κ3) is 4.86. The Labute approximate surface area is 262 Å². The molecule has 1 saturated carbocycles. The standard InChI is InChI=1S/C35H42N2O8/c1-17-19-14-15-20(34(2,3)16-10-9-13-18-11-7-6-8-12-18)27(38)22(19)28(39)23-21(17)29(40)25-26(37(4)5)30(41)24(33(36)44)32(43)35(25,45)31(23)42/h6-8,11-12,14-15,17,21,25-26,29,38-40,43,45H,9-10,13,16H2,1-5H3,(H2,36,44)/t17-,21+,25+,26-,29-,35-/m0/s1. The van der Waals surface area contributed by atoms with Gasteiger partial charge in [0.1, 0.15) is 22.8 Å². The monoisotopic (exact) mass is 618 g/mol. The smallest absolute Gasteiger partial charge is 0.255 e. The van der Waals surface area contributed by atoms with Crippen LogP contribution in [0.3, 0.4) is 0 Å². The van der Waals surface area contributed by atoms with E-state index in [0.717, 1.165) is 25.7 Å². The molecule has 10 nitrogen and oxygen atoms in total. The summed E-state index contributed by atoms with van der Waals surface area (Å²) >= 11 is 0. The molecule has 0 saturated heterocycles. The molecule has 1 fully saturated rings. The number of fused-ring (bicyclic) bond motifs is 3. The van der Waals surface area contributed by atoms with Gasteiger partial charge in [-0.15, -0.1) is 0 Å². The van der Waals surface area contributed by atoms with Crippen molar-refractivity contribution in [2.45, 2.75) is 75.5 Å². The van der Waals surface area contributed by atoms with E-state index in [1.807, 2.05) is 32.0 Å². The van der Waals surface area contributed by atoms with Crippen molar-refractivity contribution in [1.29, 1.82) is 0 Å². The highest BCUT2D eigenvalue weighted by molar-refractivity contribution is 6.24. The molecule has 45 heavy (non-hydrogen) atoms. The van der Waals surface area contributed by atoms with Crippen LogP contribution in [0.1, 0.15) is 68.2 Å². The van der Waals surface area contributed by atoms with E-state index in [1.165, 1.54) is 24.6 Å². The number of phenols is 1. The average molecular weight is 619 g/mol. The van der Waals surface area contributed by atoms with Crippen molar-refractivity contribution in [3.63, 3.8) is 0 Å². The molecule has 2 aromatic rings. The van der Waals surface area contributed by atoms with Crippen molar-refractivity contribution in [3.8, 4) is 5.75 Å². The summed E-state index contributed by atoms with van der Waals surface area (Å²) in [6, 6.07) is 12.4. The lowest BCUT2D eigenvalue weighted by Crippen LogP contribution is -2.70. The summed E-state index contributed by atoms with van der Waals surface area (Å²) in [7, 11) is 2.96. The van der Waals surface area contributed by atoms with Gasteiger partial charge in [-0.2, -0.15) is 0 Å². The van der Waals surface area contributed by atoms with Crippen LogP contribution < -0.4 is 5.73 Å². The summed E-state index contributed by atoms with van der Waals surface area (Å²) in [5.74, 6) is -8.85. The van der Waals surface area contributed by atoms with Crippen LogP contribution in [0.4, 0.5) is 0 Å². The first-order valence-electron chi connectivity index (χ1n) is 15.3. The molecule has 1 amide bonds. The summed E-state index contributed by atoms with van der Waals surface area (Å²) in [4.78, 5) is 41.1. The molecule has 0 aromatic heterocycles. The fourth-order valence-corrected chi connectivity index (χ4v) is 7.84. The molecule has 0 bridgehead atoms. The number of rotatable bonds is 8. The third-order valence-electron chi connectivity index (χ3n) is 10.2. The first-order valence-corrected chi connectivity index (χ1v) is 15.3. The van der Waals surface area contributed by atoms with Gasteiger partial charge in [0.25, 0.3) is 5.91 Å². The van der Waals surface area contributed by atoms with Gasteiger partial charge in [-0.25, -0.2) is 0 Å². The summed E-state index contributed by atoms with van der Waals surface area (Å²) in [5.41, 5.74) is 2.93. The molecule has 0 radical (unpaired) electrons. The number of unbranched alkanes of at least 4 members (excludes halogenated alkanes) is 1. The first-order chi connectivity index (χ1) is 21.1. The number of aryl methyl sites for hydroxylation is 1. The van der Waals surface area contributed by atoms with Gasteiger partial charge in [-0.1, -0.05) is 69.7 Å². The van der Waals surface area contributed by atoms with Crippen molar-refractivity contribution < 1.29 is 39.9 Å². The van der Waals surface area contributed by atoms with E-state index in [-0.39, 0.29) is 11.3 Å². The zero-order valence-electron chi connectivity index (χ0n) is 26.2. The second-order valence-electron chi connectivity index (χ2n) is 13.6. The van der Waals surface area contributed by atoms with Crippen molar-refractivity contribution in [2.24, 2.45) is 17.6 Å². The van der Waals surface area contributed by atoms with Gasteiger partial charge in [0.2, 0.25) is 5.78 Å². The minimum Gasteiger partial charge on any atom is -0.508 e. The van der Waals surface area contributed by atoms with Crippen LogP contribution >= 0.6 is 0 Å². The number of aromatic hydroxyl groups is 1. The number of nitrogens with zero attached hydrogens (tertiary/aromatic N) is 1. The minimum absolute atomic E-state index is 0.0147. The second kappa shape index (κ2) is 11.4. The molecule has 3 aliphatic rings. The normalized spacial score (nSPS) is 28.2. The van der Waals surface area contributed by atoms with Crippen LogP contribution in [-0.4, -0.2) is 79.7 Å². The molecule has 10 heteroatoms. The highest BCUT2D eigenvalue weighted by atomic mass is 16.4. The van der Waals surface area contributed by atoms with Crippen molar-refractivity contribution in [1.82, 2.24) is 4.90 Å². The van der Waals surface area contributed by atoms with E-state index in [1.54, 1.807) is 19.1 Å². The van der Waals surface area contributed by atoms with Crippen molar-refractivity contribution >= 4 is 23.2 Å². The SMILES string of the molecule is C[C@H]1c2ccc(C(C)(C)CCCCc3ccccc3)c(O)c2C(O)=C2C(=O)[C@]3(O)C(O)=C(C(N)=O)C(=O)[C@@H](N(C)C)[C@@H]3[C@@H](O)[C@@H]21. The van der Waals surface area contributed by atoms with Gasteiger partial charge in [-0.3, -0.25) is 19.3 Å². The number of amides is 1. The fraction of sp³-hybridized carbons (Fsp3) is 0.457. The summed E-state index contributed by atoms with van der Waals surface area (Å²) < 4.78 is 0. The summed E-state index contributed by atoms with van der Waals surface area (Å²) in [6.07, 6.45) is 1.85. The predicted octanol–water partition coefficient (Wildman–Crippen LogP) is 3.19. The Hall–Kier alpha value is -3.99. The molecule has 0 aliphatic heterocycles. The summed E-state index contributed by atoms with van der Waals surface area (Å²) in [6.45, 7) is 5.71. The number of Topliss-reactive ketones (excluding diaryl/α,β-unsaturated/α-hetero) is 2. The number of ketones is 2. The Kier molecular flexibility index (Phi) is 8.23. The Morgan fingerprint density at radius 1 is 1.02 bits per heavy atom. The number of aliphatic hydroxyl groups is 4. The number of benzene rings is 2. The Morgan fingerprint density at radius 2 is 1.67 bits per heavy atom. The zero-order chi connectivity index (χ0) is 33.2. The zero-order valence-corrected chi connectivity index (χ0v) is 26.2. The lowest BCUT2D eigenvalue weighted by Gasteiger charge is -2.53. The van der Waals surface area contributed by atoms with Crippen LogP contribution in [0.2, 0.25) is 0 Å². The Bertz CT molecular complexity index is 1630. The van der Waals surface area contributed by atoms with Crippen LogP contribution in [-0.2, 0) is 26.2 Å². The largest absolute Gasteiger partial charge is 0.508 e. The highest BCUT2D eigenvalue weighted by Gasteiger charge is 2.68. The molecule has 7 N–H and O–H groups in total. The minimum atomic E-state index is -2.94. The third-order valence-corrected chi connectivity index (χ3v) is 10.2. The van der Waals surface area contributed by atoms with Gasteiger partial charge in [0.15, 0.2) is 11.4 Å². The Morgan fingerprint density at radius 3 is 2.27 bits per heavy atom. The summed E-state index contributed by atoms with van der Waals surface area (Å²) in [5, 5.41) is 58.1. The molecule has 3 aliphatic carbocycles. The second-order valence-corrected chi connectivity index (χ2v) is 13.6. The topological polar surface area (TPSA) is 182 Å². The van der Waals surface area contributed by atoms with E-state index in [2.05, 4.69) is 12.1 Å². The number of phenolic OH excluding ortho intramolecular Hbond substituents is 1. The number of primary amides is 1. The lowest BCUT2D eigenvalue weighted by atomic mass is 9.54. The number of aliphatic hydroxyl groups excluding tert-OH is 3. The maximum absolute atomic E-state index is 14.2. The number of carbonyl (C=O) groups excluding carboxylic acids is 3. The van der Waals surface area contributed by atoms with Gasteiger partial charge in [0, 0.05) is 17.1 Å². The first kappa shape index (κ1) is 32.4. The molecular weight excluding hydrogens is 576 g/mol. The van der Waals surface area contributed by atoms with Gasteiger partial charge in [0.05, 0.1) is 23.6 Å². The van der Waals surface area contributed by atoms with Gasteiger partial charge < -0.3 is 31.3 Å². The number of hydrogen-bond acceptors (Lipinski definition) is 9. The van der Waals surface area contributed by atoms with Gasteiger partial charge >= 0.3 is 0 Å². The van der Waals surface area contributed by atoms with Crippen LogP contribution in [0.5, 0.6) is 5.75 Å². The van der Waals surface area contributed by atoms with Crippen LogP contribution in [0, 0.1) is 11.8 Å². The maximum Gasteiger partial charge on any atom is 0.255 e. The van der Waals surface area contributed by atoms with E-state index in [9.17, 15) is 39.9 Å². The Balaban J connectivity index is 1.57. The van der Waals surface area contributed by atoms with Crippen LogP contribution in [0.15, 0.2) is 59.4 Å². The maximum atomic E-state index is 14.2. The molecule has 0 unspecified atom stereocenters. The van der Waals surface area contributed by atoms with Gasteiger partial charge in [-0.05, 0) is 55.8 Å². The van der Waals surface area contributed by atoms with E-state index < -0.39 is 81.1 Å². The lowest BCUT2D eigenvalue weighted by molar-refractivity contribution is -0.169. The predicted molar refractivity (Wildman–Crippen MR) is 167 cm³/mol. The molecule has 6 atom stereocenters. The fourth-order valence-electron chi connectivity index (χ4n) is 7.84. The highest BCUT2D eigenvalue weighted by Crippen LogP contribution is 2.57. The quantitative estimate of drug-likeness (QED) is 0.191. The molecule has 0 spiro atoms. The molecule has 240 valence electrons. The number of carbonyl (C=O) groups is 3. The van der Waals surface area contributed by atoms with E-state index in [4.69, 9.17) is 5.73 Å². The molecule has 0 heterocycles. The van der Waals surface area contributed by atoms with Crippen molar-refractivity contribution in [3.05, 3.63) is 81.6 Å². The number of hydrogen-bond donors (Lipinski definition) is 6. The number of likely N-dealkylation sites (N-methyl/N-ethyl adjacent to an activating group) is 1. The molecule has 5 rings (SSSR count). The molecular formula is C35H42N2O8. The average Bonchev–Trinajstić information content (AvgIpc) is 2.97. The van der Waals surface area contributed by atoms with Crippen LogP contribution in [0.25, 0.3) is 5.76 Å². The van der Waals surface area contributed by atoms with E-state index in [0.29, 0.717) is 11.1 Å². The van der Waals surface area contributed by atoms with Crippen molar-refractivity contribution in [2.75, 3.05) is 14.1 Å². The number of nitrogens with two attached hydrogens (primary N) is 1. The van der Waals surface area contributed by atoms with E-state index >= 15 is 0 Å².